The van der Waals surface area contributed by atoms with Crippen LogP contribution in [0.2, 0.25) is 5.02 Å². The number of pyridine rings is 1. The van der Waals surface area contributed by atoms with Gasteiger partial charge < -0.3 is 9.88 Å². The van der Waals surface area contributed by atoms with Gasteiger partial charge in [-0.2, -0.15) is 0 Å². The normalized spacial score (nSPS) is 14.6. The largest absolute Gasteiger partial charge is 0.310 e. The average Bonchev–Trinajstić information content (AvgIpc) is 2.85. The first-order chi connectivity index (χ1) is 17.4. The van der Waals surface area contributed by atoms with E-state index in [0.717, 1.165) is 56.1 Å². The lowest BCUT2D eigenvalue weighted by atomic mass is 9.89. The predicted molar refractivity (Wildman–Crippen MR) is 146 cm³/mol. The number of hydrogen-bond acceptors (Lipinski definition) is 4. The van der Waals surface area contributed by atoms with Gasteiger partial charge in [-0.3, -0.25) is 9.78 Å². The third-order valence-corrected chi connectivity index (χ3v) is 7.14. The molecule has 0 atom stereocenters. The first-order valence-electron chi connectivity index (χ1n) is 12.2. The summed E-state index contributed by atoms with van der Waals surface area (Å²) in [6, 6.07) is 10.4. The number of aromatic nitrogens is 3. The van der Waals surface area contributed by atoms with Gasteiger partial charge in [-0.25, -0.2) is 13.8 Å². The SMILES string of the molecule is CCN1CCC(Cc2cc(Cl)cc3c(=O)[nH]c(Cc4ccc(-c5cc(F)cc(F)c5)nc4)nc23)CC1.Cl. The Morgan fingerprint density at radius 2 is 1.81 bits per heavy atom. The second-order valence-corrected chi connectivity index (χ2v) is 9.88. The van der Waals surface area contributed by atoms with Crippen LogP contribution in [0.1, 0.15) is 36.7 Å². The Balaban J connectivity index is 0.00000320. The summed E-state index contributed by atoms with van der Waals surface area (Å²) in [5, 5.41) is 1.03. The highest BCUT2D eigenvalue weighted by Crippen LogP contribution is 2.27. The van der Waals surface area contributed by atoms with E-state index in [0.29, 0.717) is 45.3 Å². The Morgan fingerprint density at radius 1 is 1.08 bits per heavy atom. The molecule has 1 N–H and O–H groups in total. The van der Waals surface area contributed by atoms with E-state index in [9.17, 15) is 13.6 Å². The molecule has 0 radical (unpaired) electrons. The summed E-state index contributed by atoms with van der Waals surface area (Å²) in [4.78, 5) is 27.4. The van der Waals surface area contributed by atoms with Crippen molar-refractivity contribution in [3.05, 3.63) is 92.6 Å². The molecule has 0 spiro atoms. The Morgan fingerprint density at radius 3 is 2.46 bits per heavy atom. The average molecular weight is 545 g/mol. The minimum absolute atomic E-state index is 0. The van der Waals surface area contributed by atoms with Crippen LogP contribution in [0.15, 0.2) is 53.5 Å². The Hall–Kier alpha value is -2.87. The van der Waals surface area contributed by atoms with Gasteiger partial charge in [0.1, 0.15) is 17.5 Å². The maximum absolute atomic E-state index is 13.6. The Labute approximate surface area is 225 Å². The number of rotatable bonds is 6. The first-order valence-corrected chi connectivity index (χ1v) is 12.6. The van der Waals surface area contributed by atoms with E-state index < -0.39 is 11.6 Å². The molecule has 0 saturated carbocycles. The van der Waals surface area contributed by atoms with E-state index in [2.05, 4.69) is 21.8 Å². The molecular weight excluding hydrogens is 517 g/mol. The predicted octanol–water partition coefficient (Wildman–Crippen LogP) is 6.20. The fourth-order valence-corrected chi connectivity index (χ4v) is 5.21. The monoisotopic (exact) mass is 544 g/mol. The van der Waals surface area contributed by atoms with Crippen molar-refractivity contribution >= 4 is 34.9 Å². The van der Waals surface area contributed by atoms with Gasteiger partial charge in [0.05, 0.1) is 16.6 Å². The molecular formula is C28H28Cl2F2N4O. The summed E-state index contributed by atoms with van der Waals surface area (Å²) in [5.74, 6) is -0.243. The number of H-pyrrole nitrogens is 1. The number of fused-ring (bicyclic) bond motifs is 1. The lowest BCUT2D eigenvalue weighted by molar-refractivity contribution is 0.192. The van der Waals surface area contributed by atoms with Crippen LogP contribution in [0.25, 0.3) is 22.2 Å². The van der Waals surface area contributed by atoms with Crippen LogP contribution in [0, 0.1) is 17.6 Å². The molecule has 1 aliphatic heterocycles. The Bertz CT molecular complexity index is 1430. The van der Waals surface area contributed by atoms with E-state index in [-0.39, 0.29) is 18.0 Å². The van der Waals surface area contributed by atoms with Gasteiger partial charge in [-0.15, -0.1) is 12.4 Å². The number of likely N-dealkylation sites (tertiary alicyclic amines) is 1. The van der Waals surface area contributed by atoms with Crippen LogP contribution in [0.4, 0.5) is 8.78 Å². The summed E-state index contributed by atoms with van der Waals surface area (Å²) in [6.45, 7) is 5.43. The minimum atomic E-state index is -0.652. The van der Waals surface area contributed by atoms with E-state index in [4.69, 9.17) is 16.6 Å². The highest BCUT2D eigenvalue weighted by atomic mass is 35.5. The van der Waals surface area contributed by atoms with Crippen LogP contribution in [-0.4, -0.2) is 39.5 Å². The quantitative estimate of drug-likeness (QED) is 0.313. The minimum Gasteiger partial charge on any atom is -0.310 e. The van der Waals surface area contributed by atoms with Crippen molar-refractivity contribution in [3.63, 3.8) is 0 Å². The summed E-state index contributed by atoms with van der Waals surface area (Å²) in [5.41, 5.74) is 3.11. The number of piperidine rings is 1. The van der Waals surface area contributed by atoms with Crippen LogP contribution < -0.4 is 5.56 Å². The molecule has 0 unspecified atom stereocenters. The molecule has 1 aliphatic rings. The number of hydrogen-bond donors (Lipinski definition) is 1. The second kappa shape index (κ2) is 11.7. The molecule has 0 aliphatic carbocycles. The zero-order valence-electron chi connectivity index (χ0n) is 20.4. The van der Waals surface area contributed by atoms with Gasteiger partial charge in [0.15, 0.2) is 0 Å². The van der Waals surface area contributed by atoms with E-state index >= 15 is 0 Å². The topological polar surface area (TPSA) is 61.9 Å². The number of aromatic amines is 1. The van der Waals surface area contributed by atoms with E-state index in [1.807, 2.05) is 12.1 Å². The number of benzene rings is 2. The van der Waals surface area contributed by atoms with Crippen LogP contribution in [0.5, 0.6) is 0 Å². The van der Waals surface area contributed by atoms with Crippen molar-refractivity contribution in [1.29, 1.82) is 0 Å². The molecule has 5 nitrogen and oxygen atoms in total. The van der Waals surface area contributed by atoms with E-state index in [1.54, 1.807) is 18.3 Å². The summed E-state index contributed by atoms with van der Waals surface area (Å²) >= 11 is 6.37. The highest BCUT2D eigenvalue weighted by Gasteiger charge is 2.20. The summed E-state index contributed by atoms with van der Waals surface area (Å²) in [6.07, 6.45) is 5.07. The third-order valence-electron chi connectivity index (χ3n) is 6.92. The van der Waals surface area contributed by atoms with Crippen molar-refractivity contribution in [1.82, 2.24) is 19.9 Å². The molecule has 1 saturated heterocycles. The van der Waals surface area contributed by atoms with Crippen molar-refractivity contribution in [2.75, 3.05) is 19.6 Å². The van der Waals surface area contributed by atoms with Gasteiger partial charge in [0.2, 0.25) is 0 Å². The van der Waals surface area contributed by atoms with Gasteiger partial charge in [-0.1, -0.05) is 24.6 Å². The molecule has 194 valence electrons. The smallest absolute Gasteiger partial charge is 0.258 e. The standard InChI is InChI=1S/C28H27ClF2N4O.ClH/c1-2-35-7-5-17(6-8-35)9-20-11-21(29)14-24-27(20)33-26(34-28(24)36)10-18-3-4-25(32-16-18)19-12-22(30)15-23(31)13-19;/h3-4,11-17H,2,5-10H2,1H3,(H,33,34,36);1H. The Kier molecular flexibility index (Phi) is 8.57. The first kappa shape index (κ1) is 27.2. The zero-order valence-corrected chi connectivity index (χ0v) is 22.0. The number of halogens is 4. The van der Waals surface area contributed by atoms with Crippen LogP contribution >= 0.6 is 24.0 Å². The number of nitrogens with one attached hydrogen (secondary N) is 1. The molecule has 1 fully saturated rings. The molecule has 0 amide bonds. The van der Waals surface area contributed by atoms with Crippen molar-refractivity contribution in [3.8, 4) is 11.3 Å². The molecule has 9 heteroatoms. The maximum atomic E-state index is 13.6. The molecule has 2 aromatic heterocycles. The molecule has 3 heterocycles. The number of nitrogens with zero attached hydrogens (tertiary/aromatic N) is 3. The maximum Gasteiger partial charge on any atom is 0.258 e. The van der Waals surface area contributed by atoms with Gasteiger partial charge in [0, 0.05) is 29.3 Å². The lowest BCUT2D eigenvalue weighted by Gasteiger charge is -2.31. The van der Waals surface area contributed by atoms with Gasteiger partial charge in [0.25, 0.3) is 5.56 Å². The zero-order chi connectivity index (χ0) is 25.2. The summed E-state index contributed by atoms with van der Waals surface area (Å²) in [7, 11) is 0. The van der Waals surface area contributed by atoms with Crippen molar-refractivity contribution < 1.29 is 8.78 Å². The van der Waals surface area contributed by atoms with Crippen molar-refractivity contribution in [2.24, 2.45) is 5.92 Å². The highest BCUT2D eigenvalue weighted by molar-refractivity contribution is 6.31. The summed E-state index contributed by atoms with van der Waals surface area (Å²) < 4.78 is 27.1. The van der Waals surface area contributed by atoms with Gasteiger partial charge >= 0.3 is 0 Å². The molecule has 0 bridgehead atoms. The second-order valence-electron chi connectivity index (χ2n) is 9.44. The van der Waals surface area contributed by atoms with Crippen LogP contribution in [0.3, 0.4) is 0 Å². The molecule has 37 heavy (non-hydrogen) atoms. The molecule has 5 rings (SSSR count). The van der Waals surface area contributed by atoms with Crippen molar-refractivity contribution in [2.45, 2.75) is 32.6 Å². The molecule has 4 aromatic rings. The molecule has 2 aromatic carbocycles. The van der Waals surface area contributed by atoms with Crippen LogP contribution in [-0.2, 0) is 12.8 Å². The third kappa shape index (κ3) is 6.35. The van der Waals surface area contributed by atoms with Gasteiger partial charge in [-0.05, 0) is 86.3 Å². The van der Waals surface area contributed by atoms with E-state index in [1.165, 1.54) is 12.1 Å². The fraction of sp³-hybridized carbons (Fsp3) is 0.321. The lowest BCUT2D eigenvalue weighted by Crippen LogP contribution is -2.34. The fourth-order valence-electron chi connectivity index (χ4n) is 4.97.